The molecule has 1 rings (SSSR count). The van der Waals surface area contributed by atoms with E-state index < -0.39 is 0 Å². The third-order valence-corrected chi connectivity index (χ3v) is 4.12. The van der Waals surface area contributed by atoms with Gasteiger partial charge in [0.15, 0.2) is 0 Å². The molecule has 0 nitrogen and oxygen atoms in total. The van der Waals surface area contributed by atoms with Crippen molar-refractivity contribution in [1.29, 1.82) is 0 Å². The van der Waals surface area contributed by atoms with Gasteiger partial charge in [0.05, 0.1) is 0 Å². The Kier molecular flexibility index (Phi) is 4.78. The van der Waals surface area contributed by atoms with E-state index in [2.05, 4.69) is 36.7 Å². The minimum atomic E-state index is -0.165. The molecule has 1 aromatic carbocycles. The van der Waals surface area contributed by atoms with Crippen LogP contribution in [0.3, 0.4) is 0 Å². The number of hydrogen-bond donors (Lipinski definition) is 0. The second kappa shape index (κ2) is 5.64. The van der Waals surface area contributed by atoms with Crippen molar-refractivity contribution in [2.75, 3.05) is 0 Å². The van der Waals surface area contributed by atoms with Crippen LogP contribution in [-0.2, 0) is 6.42 Å². The molecule has 0 heterocycles. The molecule has 0 radical (unpaired) electrons. The van der Waals surface area contributed by atoms with Crippen molar-refractivity contribution in [3.05, 3.63) is 35.6 Å². The fourth-order valence-electron chi connectivity index (χ4n) is 1.45. The number of halogens is 2. The summed E-state index contributed by atoms with van der Waals surface area (Å²) in [7, 11) is 0. The van der Waals surface area contributed by atoms with E-state index in [4.69, 9.17) is 0 Å². The normalized spacial score (nSPS) is 15.3. The van der Waals surface area contributed by atoms with Crippen molar-refractivity contribution in [1.82, 2.24) is 0 Å². The van der Waals surface area contributed by atoms with Gasteiger partial charge in [-0.05, 0) is 36.0 Å². The molecule has 84 valence electrons. The van der Waals surface area contributed by atoms with Crippen LogP contribution in [0.25, 0.3) is 0 Å². The minimum absolute atomic E-state index is 0.165. The standard InChI is InChI=1S/C13H18BrF/c1-9(2)10(3)13(14)8-11-4-6-12(15)7-5-11/h4-7,9-10,13H,8H2,1-3H3. The SMILES string of the molecule is CC(C)C(C)C(Br)Cc1ccc(F)cc1. The van der Waals surface area contributed by atoms with E-state index in [0.717, 1.165) is 6.42 Å². The van der Waals surface area contributed by atoms with E-state index >= 15 is 0 Å². The fourth-order valence-corrected chi connectivity index (χ4v) is 2.43. The maximum Gasteiger partial charge on any atom is 0.123 e. The van der Waals surface area contributed by atoms with Crippen molar-refractivity contribution in [3.63, 3.8) is 0 Å². The zero-order chi connectivity index (χ0) is 11.4. The molecule has 0 fully saturated rings. The Morgan fingerprint density at radius 3 is 2.13 bits per heavy atom. The summed E-state index contributed by atoms with van der Waals surface area (Å²) in [6, 6.07) is 6.76. The first-order chi connectivity index (χ1) is 7.00. The fraction of sp³-hybridized carbons (Fsp3) is 0.538. The van der Waals surface area contributed by atoms with Gasteiger partial charge in [0.25, 0.3) is 0 Å². The summed E-state index contributed by atoms with van der Waals surface area (Å²) in [5, 5.41) is 0. The van der Waals surface area contributed by atoms with Gasteiger partial charge >= 0.3 is 0 Å². The van der Waals surface area contributed by atoms with Crippen LogP contribution in [0.5, 0.6) is 0 Å². The quantitative estimate of drug-likeness (QED) is 0.712. The van der Waals surface area contributed by atoms with Crippen molar-refractivity contribution in [2.45, 2.75) is 32.0 Å². The molecule has 1 aromatic rings. The van der Waals surface area contributed by atoms with E-state index in [9.17, 15) is 4.39 Å². The molecule has 0 saturated heterocycles. The van der Waals surface area contributed by atoms with Crippen LogP contribution in [-0.4, -0.2) is 4.83 Å². The lowest BCUT2D eigenvalue weighted by Crippen LogP contribution is -2.19. The lowest BCUT2D eigenvalue weighted by Gasteiger charge is -2.21. The van der Waals surface area contributed by atoms with Gasteiger partial charge in [-0.1, -0.05) is 48.8 Å². The molecule has 0 aliphatic rings. The molecule has 0 aliphatic heterocycles. The second-order valence-electron chi connectivity index (χ2n) is 4.45. The van der Waals surface area contributed by atoms with Crippen LogP contribution >= 0.6 is 15.9 Å². The van der Waals surface area contributed by atoms with Crippen LogP contribution in [0.1, 0.15) is 26.3 Å². The van der Waals surface area contributed by atoms with Crippen molar-refractivity contribution in [3.8, 4) is 0 Å². The van der Waals surface area contributed by atoms with Crippen molar-refractivity contribution >= 4 is 15.9 Å². The zero-order valence-corrected chi connectivity index (χ0v) is 11.1. The average Bonchev–Trinajstić information content (AvgIpc) is 2.20. The highest BCUT2D eigenvalue weighted by molar-refractivity contribution is 9.09. The van der Waals surface area contributed by atoms with Crippen LogP contribution < -0.4 is 0 Å². The summed E-state index contributed by atoms with van der Waals surface area (Å²) in [5.41, 5.74) is 1.19. The maximum absolute atomic E-state index is 12.7. The largest absolute Gasteiger partial charge is 0.207 e. The first-order valence-corrected chi connectivity index (χ1v) is 6.30. The first kappa shape index (κ1) is 12.7. The van der Waals surface area contributed by atoms with Crippen LogP contribution in [0, 0.1) is 17.7 Å². The Hall–Kier alpha value is -0.370. The van der Waals surface area contributed by atoms with Crippen molar-refractivity contribution < 1.29 is 4.39 Å². The van der Waals surface area contributed by atoms with Gasteiger partial charge in [0, 0.05) is 4.83 Å². The van der Waals surface area contributed by atoms with Gasteiger partial charge in [-0.3, -0.25) is 0 Å². The Balaban J connectivity index is 2.58. The van der Waals surface area contributed by atoms with E-state index in [1.807, 2.05) is 12.1 Å². The van der Waals surface area contributed by atoms with Crippen LogP contribution in [0.15, 0.2) is 24.3 Å². The van der Waals surface area contributed by atoms with Crippen molar-refractivity contribution in [2.24, 2.45) is 11.8 Å². The summed E-state index contributed by atoms with van der Waals surface area (Å²) in [6.07, 6.45) is 0.958. The highest BCUT2D eigenvalue weighted by Gasteiger charge is 2.17. The molecule has 0 aromatic heterocycles. The van der Waals surface area contributed by atoms with E-state index in [-0.39, 0.29) is 5.82 Å². The summed E-state index contributed by atoms with van der Waals surface area (Å²) in [6.45, 7) is 6.70. The molecular weight excluding hydrogens is 255 g/mol. The van der Waals surface area contributed by atoms with Gasteiger partial charge in [-0.25, -0.2) is 4.39 Å². The Labute approximate surface area is 100 Å². The van der Waals surface area contributed by atoms with E-state index in [1.165, 1.54) is 17.7 Å². The second-order valence-corrected chi connectivity index (χ2v) is 5.63. The Morgan fingerprint density at radius 2 is 1.67 bits per heavy atom. The molecule has 2 atom stereocenters. The van der Waals surface area contributed by atoms with Gasteiger partial charge in [-0.15, -0.1) is 0 Å². The van der Waals surface area contributed by atoms with Gasteiger partial charge in [0.2, 0.25) is 0 Å². The number of alkyl halides is 1. The summed E-state index contributed by atoms with van der Waals surface area (Å²) < 4.78 is 12.7. The van der Waals surface area contributed by atoms with Crippen LogP contribution in [0.2, 0.25) is 0 Å². The molecule has 0 spiro atoms. The van der Waals surface area contributed by atoms with Gasteiger partial charge in [-0.2, -0.15) is 0 Å². The third kappa shape index (κ3) is 3.94. The van der Waals surface area contributed by atoms with E-state index in [1.54, 1.807) is 0 Å². The number of hydrogen-bond acceptors (Lipinski definition) is 0. The maximum atomic E-state index is 12.7. The van der Waals surface area contributed by atoms with Gasteiger partial charge in [0.1, 0.15) is 5.82 Å². The molecule has 15 heavy (non-hydrogen) atoms. The van der Waals surface area contributed by atoms with Crippen LogP contribution in [0.4, 0.5) is 4.39 Å². The number of benzene rings is 1. The summed E-state index contributed by atoms with van der Waals surface area (Å²) in [5.74, 6) is 1.12. The molecule has 0 saturated carbocycles. The predicted octanol–water partition coefficient (Wildman–Crippen LogP) is 4.42. The van der Waals surface area contributed by atoms with E-state index in [0.29, 0.717) is 16.7 Å². The van der Waals surface area contributed by atoms with Gasteiger partial charge < -0.3 is 0 Å². The summed E-state index contributed by atoms with van der Waals surface area (Å²) in [4.78, 5) is 0.461. The molecule has 2 unspecified atom stereocenters. The number of rotatable bonds is 4. The molecular formula is C13H18BrF. The molecule has 2 heteroatoms. The zero-order valence-electron chi connectivity index (χ0n) is 9.50. The monoisotopic (exact) mass is 272 g/mol. The lowest BCUT2D eigenvalue weighted by atomic mass is 9.91. The first-order valence-electron chi connectivity index (χ1n) is 5.39. The Bertz CT molecular complexity index is 292. The summed E-state index contributed by atoms with van der Waals surface area (Å²) >= 11 is 3.71. The molecule has 0 amide bonds. The topological polar surface area (TPSA) is 0 Å². The smallest absolute Gasteiger partial charge is 0.123 e. The molecule has 0 aliphatic carbocycles. The minimum Gasteiger partial charge on any atom is -0.207 e. The third-order valence-electron chi connectivity index (χ3n) is 2.97. The lowest BCUT2D eigenvalue weighted by molar-refractivity contribution is 0.407. The Morgan fingerprint density at radius 1 is 1.13 bits per heavy atom. The molecule has 0 bridgehead atoms. The average molecular weight is 273 g/mol. The highest BCUT2D eigenvalue weighted by Crippen LogP contribution is 2.24. The predicted molar refractivity (Wildman–Crippen MR) is 66.8 cm³/mol. The molecule has 0 N–H and O–H groups in total. The highest BCUT2D eigenvalue weighted by atomic mass is 79.9.